The highest BCUT2D eigenvalue weighted by Crippen LogP contribution is 2.15. The fraction of sp³-hybridized carbons (Fsp3) is 0.211. The van der Waals surface area contributed by atoms with Crippen LogP contribution in [0.15, 0.2) is 48.5 Å². The standard InChI is InChI=1S/C19H19N3O6/c1-12-5-3-4-6-16(12)19(25)20-11-17(23)28-13(2)18(24)21-14-7-9-15(10-8-14)22(26)27/h3-10,13H,11H2,1-2H3,(H,20,25)(H,21,24). The number of ether oxygens (including phenoxy) is 1. The lowest BCUT2D eigenvalue weighted by molar-refractivity contribution is -0.384. The molecule has 0 aliphatic carbocycles. The quantitative estimate of drug-likeness (QED) is 0.427. The zero-order chi connectivity index (χ0) is 20.7. The molecule has 0 saturated carbocycles. The molecule has 2 aromatic carbocycles. The van der Waals surface area contributed by atoms with Crippen molar-refractivity contribution in [2.45, 2.75) is 20.0 Å². The molecule has 0 radical (unpaired) electrons. The van der Waals surface area contributed by atoms with Crippen LogP contribution in [0.1, 0.15) is 22.8 Å². The molecular weight excluding hydrogens is 366 g/mol. The Labute approximate surface area is 160 Å². The Hall–Kier alpha value is -3.75. The molecule has 9 nitrogen and oxygen atoms in total. The van der Waals surface area contributed by atoms with Crippen molar-refractivity contribution in [2.24, 2.45) is 0 Å². The molecule has 9 heteroatoms. The Kier molecular flexibility index (Phi) is 6.80. The Morgan fingerprint density at radius 1 is 1.11 bits per heavy atom. The van der Waals surface area contributed by atoms with Gasteiger partial charge >= 0.3 is 5.97 Å². The van der Waals surface area contributed by atoms with Crippen LogP contribution < -0.4 is 10.6 Å². The zero-order valence-corrected chi connectivity index (χ0v) is 15.3. The van der Waals surface area contributed by atoms with E-state index in [0.29, 0.717) is 11.3 Å². The number of nitro benzene ring substituents is 1. The number of aryl methyl sites for hydroxylation is 1. The number of carbonyl (C=O) groups is 3. The summed E-state index contributed by atoms with van der Waals surface area (Å²) in [5.41, 5.74) is 1.43. The Morgan fingerprint density at radius 3 is 2.36 bits per heavy atom. The number of benzene rings is 2. The molecule has 0 fully saturated rings. The van der Waals surface area contributed by atoms with E-state index in [1.54, 1.807) is 31.2 Å². The molecular formula is C19H19N3O6. The van der Waals surface area contributed by atoms with E-state index >= 15 is 0 Å². The van der Waals surface area contributed by atoms with E-state index in [4.69, 9.17) is 4.74 Å². The number of hydrogen-bond donors (Lipinski definition) is 2. The first kappa shape index (κ1) is 20.6. The lowest BCUT2D eigenvalue weighted by Gasteiger charge is -2.14. The van der Waals surface area contributed by atoms with Crippen LogP contribution in [0.5, 0.6) is 0 Å². The maximum Gasteiger partial charge on any atom is 0.326 e. The van der Waals surface area contributed by atoms with Crippen LogP contribution in [0.2, 0.25) is 0 Å². The van der Waals surface area contributed by atoms with Gasteiger partial charge < -0.3 is 15.4 Å². The normalized spacial score (nSPS) is 11.2. The Morgan fingerprint density at radius 2 is 1.75 bits per heavy atom. The Bertz CT molecular complexity index is 895. The van der Waals surface area contributed by atoms with Gasteiger partial charge in [-0.2, -0.15) is 0 Å². The number of anilines is 1. The van der Waals surface area contributed by atoms with Gasteiger partial charge in [-0.15, -0.1) is 0 Å². The summed E-state index contributed by atoms with van der Waals surface area (Å²) in [7, 11) is 0. The van der Waals surface area contributed by atoms with Crippen molar-refractivity contribution in [1.29, 1.82) is 0 Å². The molecule has 2 N–H and O–H groups in total. The third kappa shape index (κ3) is 5.63. The summed E-state index contributed by atoms with van der Waals surface area (Å²) < 4.78 is 4.99. The van der Waals surface area contributed by atoms with Crippen molar-refractivity contribution in [3.05, 3.63) is 69.8 Å². The van der Waals surface area contributed by atoms with Crippen LogP contribution in [-0.4, -0.2) is 35.4 Å². The molecule has 0 aliphatic heterocycles. The minimum absolute atomic E-state index is 0.109. The first-order valence-corrected chi connectivity index (χ1v) is 8.36. The number of nitrogens with one attached hydrogen (secondary N) is 2. The summed E-state index contributed by atoms with van der Waals surface area (Å²) in [4.78, 5) is 46.0. The number of nitro groups is 1. The zero-order valence-electron chi connectivity index (χ0n) is 15.3. The van der Waals surface area contributed by atoms with Gasteiger partial charge in [0.2, 0.25) is 0 Å². The molecule has 0 bridgehead atoms. The highest BCUT2D eigenvalue weighted by Gasteiger charge is 2.19. The van der Waals surface area contributed by atoms with Crippen LogP contribution in [0.25, 0.3) is 0 Å². The second-order valence-corrected chi connectivity index (χ2v) is 5.92. The van der Waals surface area contributed by atoms with Crippen molar-refractivity contribution in [2.75, 3.05) is 11.9 Å². The molecule has 0 aliphatic rings. The second kappa shape index (κ2) is 9.26. The lowest BCUT2D eigenvalue weighted by Crippen LogP contribution is -2.36. The van der Waals surface area contributed by atoms with Crippen molar-refractivity contribution in [3.8, 4) is 0 Å². The maximum absolute atomic E-state index is 12.1. The smallest absolute Gasteiger partial charge is 0.326 e. The highest BCUT2D eigenvalue weighted by molar-refractivity contribution is 5.98. The van der Waals surface area contributed by atoms with E-state index in [9.17, 15) is 24.5 Å². The summed E-state index contributed by atoms with van der Waals surface area (Å²) in [6.07, 6.45) is -1.11. The predicted molar refractivity (Wildman–Crippen MR) is 101 cm³/mol. The largest absolute Gasteiger partial charge is 0.451 e. The van der Waals surface area contributed by atoms with Crippen LogP contribution in [0.4, 0.5) is 11.4 Å². The highest BCUT2D eigenvalue weighted by atomic mass is 16.6. The average molecular weight is 385 g/mol. The van der Waals surface area contributed by atoms with E-state index in [1.165, 1.54) is 31.2 Å². The molecule has 2 amide bonds. The van der Waals surface area contributed by atoms with Gasteiger partial charge in [0.05, 0.1) is 4.92 Å². The van der Waals surface area contributed by atoms with Gasteiger partial charge in [0.25, 0.3) is 17.5 Å². The Balaban J connectivity index is 1.82. The van der Waals surface area contributed by atoms with Crippen molar-refractivity contribution < 1.29 is 24.0 Å². The van der Waals surface area contributed by atoms with Crippen LogP contribution in [-0.2, 0) is 14.3 Å². The SMILES string of the molecule is Cc1ccccc1C(=O)NCC(=O)OC(C)C(=O)Nc1ccc([N+](=O)[O-])cc1. The fourth-order valence-corrected chi connectivity index (χ4v) is 2.28. The van der Waals surface area contributed by atoms with Gasteiger partial charge in [-0.3, -0.25) is 24.5 Å². The minimum Gasteiger partial charge on any atom is -0.451 e. The molecule has 0 aromatic heterocycles. The van der Waals surface area contributed by atoms with Crippen molar-refractivity contribution in [3.63, 3.8) is 0 Å². The molecule has 146 valence electrons. The summed E-state index contributed by atoms with van der Waals surface area (Å²) in [5.74, 6) is -1.79. The third-order valence-electron chi connectivity index (χ3n) is 3.81. The van der Waals surface area contributed by atoms with Gasteiger partial charge in [0.1, 0.15) is 6.54 Å². The van der Waals surface area contributed by atoms with Crippen molar-refractivity contribution in [1.82, 2.24) is 5.32 Å². The number of rotatable bonds is 7. The number of carbonyl (C=O) groups excluding carboxylic acids is 3. The van der Waals surface area contributed by atoms with Crippen LogP contribution in [0.3, 0.4) is 0 Å². The number of nitrogens with zero attached hydrogens (tertiary/aromatic N) is 1. The maximum atomic E-state index is 12.1. The van der Waals surface area contributed by atoms with E-state index in [-0.39, 0.29) is 12.2 Å². The van der Waals surface area contributed by atoms with Gasteiger partial charge in [0.15, 0.2) is 6.10 Å². The van der Waals surface area contributed by atoms with Crippen molar-refractivity contribution >= 4 is 29.2 Å². The van der Waals surface area contributed by atoms with Gasteiger partial charge in [-0.25, -0.2) is 0 Å². The summed E-state index contributed by atoms with van der Waals surface area (Å²) in [5, 5.41) is 15.5. The molecule has 1 atom stereocenters. The lowest BCUT2D eigenvalue weighted by atomic mass is 10.1. The predicted octanol–water partition coefficient (Wildman–Crippen LogP) is 2.20. The monoisotopic (exact) mass is 385 g/mol. The first-order chi connectivity index (χ1) is 13.3. The van der Waals surface area contributed by atoms with Gasteiger partial charge in [0, 0.05) is 23.4 Å². The summed E-state index contributed by atoms with van der Waals surface area (Å²) in [6.45, 7) is 2.77. The fourth-order valence-electron chi connectivity index (χ4n) is 2.28. The third-order valence-corrected chi connectivity index (χ3v) is 3.81. The number of non-ortho nitro benzene ring substituents is 1. The first-order valence-electron chi connectivity index (χ1n) is 8.36. The van der Waals surface area contributed by atoms with E-state index < -0.39 is 28.8 Å². The molecule has 0 heterocycles. The van der Waals surface area contributed by atoms with E-state index in [1.807, 2.05) is 0 Å². The summed E-state index contributed by atoms with van der Waals surface area (Å²) in [6, 6.07) is 12.1. The molecule has 0 saturated heterocycles. The van der Waals surface area contributed by atoms with Crippen LogP contribution in [0, 0.1) is 17.0 Å². The number of hydrogen-bond acceptors (Lipinski definition) is 6. The molecule has 0 spiro atoms. The number of esters is 1. The molecule has 1 unspecified atom stereocenters. The molecule has 2 rings (SSSR count). The number of amides is 2. The van der Waals surface area contributed by atoms with E-state index in [0.717, 1.165) is 5.56 Å². The molecule has 2 aromatic rings. The van der Waals surface area contributed by atoms with E-state index in [2.05, 4.69) is 10.6 Å². The van der Waals surface area contributed by atoms with Gasteiger partial charge in [-0.05, 0) is 37.6 Å². The van der Waals surface area contributed by atoms with Crippen LogP contribution >= 0.6 is 0 Å². The summed E-state index contributed by atoms with van der Waals surface area (Å²) >= 11 is 0. The average Bonchev–Trinajstić information content (AvgIpc) is 2.66. The minimum atomic E-state index is -1.11. The molecule has 28 heavy (non-hydrogen) atoms. The second-order valence-electron chi connectivity index (χ2n) is 5.92. The van der Waals surface area contributed by atoms with Gasteiger partial charge in [-0.1, -0.05) is 18.2 Å². The topological polar surface area (TPSA) is 128 Å².